The number of anilines is 1. The molecular formula is C16H15FN2. The summed E-state index contributed by atoms with van der Waals surface area (Å²) in [6, 6.07) is 16.5. The summed E-state index contributed by atoms with van der Waals surface area (Å²) in [5, 5.41) is 12.1. The van der Waals surface area contributed by atoms with Gasteiger partial charge in [0.1, 0.15) is 5.82 Å². The molecule has 1 unspecified atom stereocenters. The van der Waals surface area contributed by atoms with E-state index in [1.54, 1.807) is 0 Å². The highest BCUT2D eigenvalue weighted by Crippen LogP contribution is 2.23. The molecule has 2 nitrogen and oxygen atoms in total. The summed E-state index contributed by atoms with van der Waals surface area (Å²) in [7, 11) is 0. The second-order valence-electron chi connectivity index (χ2n) is 4.49. The molecule has 0 fully saturated rings. The smallest absolute Gasteiger partial charge is 0.125 e. The number of benzene rings is 2. The molecule has 0 aliphatic heterocycles. The second kappa shape index (κ2) is 6.01. The molecule has 0 aliphatic carbocycles. The molecule has 1 atom stereocenters. The van der Waals surface area contributed by atoms with Gasteiger partial charge in [0.25, 0.3) is 0 Å². The van der Waals surface area contributed by atoms with Crippen LogP contribution < -0.4 is 5.32 Å². The van der Waals surface area contributed by atoms with Gasteiger partial charge >= 0.3 is 0 Å². The van der Waals surface area contributed by atoms with Crippen LogP contribution in [0.25, 0.3) is 0 Å². The maximum absolute atomic E-state index is 13.4. The van der Waals surface area contributed by atoms with Crippen LogP contribution in [0.2, 0.25) is 0 Å². The molecule has 2 aromatic carbocycles. The van der Waals surface area contributed by atoms with Crippen molar-refractivity contribution in [1.29, 1.82) is 5.26 Å². The van der Waals surface area contributed by atoms with Gasteiger partial charge in [-0.25, -0.2) is 4.39 Å². The number of rotatable bonds is 4. The summed E-state index contributed by atoms with van der Waals surface area (Å²) >= 11 is 0. The van der Waals surface area contributed by atoms with E-state index in [1.165, 1.54) is 12.1 Å². The number of nitrogens with zero attached hydrogens (tertiary/aromatic N) is 1. The average Bonchev–Trinajstić information content (AvgIpc) is 2.38. The molecule has 0 spiro atoms. The molecule has 0 amide bonds. The summed E-state index contributed by atoms with van der Waals surface area (Å²) < 4.78 is 13.4. The Kier molecular flexibility index (Phi) is 4.15. The monoisotopic (exact) mass is 254 g/mol. The number of halogens is 1. The fourth-order valence-electron chi connectivity index (χ4n) is 2.05. The first kappa shape index (κ1) is 13.1. The van der Waals surface area contributed by atoms with Gasteiger partial charge in [-0.05, 0) is 36.2 Å². The van der Waals surface area contributed by atoms with Gasteiger partial charge in [-0.15, -0.1) is 0 Å². The Morgan fingerprint density at radius 3 is 2.58 bits per heavy atom. The van der Waals surface area contributed by atoms with Crippen molar-refractivity contribution in [3.63, 3.8) is 0 Å². The van der Waals surface area contributed by atoms with Crippen LogP contribution in [-0.2, 0) is 0 Å². The van der Waals surface area contributed by atoms with E-state index in [2.05, 4.69) is 11.4 Å². The fourth-order valence-corrected chi connectivity index (χ4v) is 2.05. The molecule has 19 heavy (non-hydrogen) atoms. The van der Waals surface area contributed by atoms with Crippen molar-refractivity contribution >= 4 is 5.69 Å². The van der Waals surface area contributed by atoms with Gasteiger partial charge in [-0.2, -0.15) is 5.26 Å². The summed E-state index contributed by atoms with van der Waals surface area (Å²) in [4.78, 5) is 0. The normalized spacial score (nSPS) is 11.6. The van der Waals surface area contributed by atoms with Gasteiger partial charge in [0.05, 0.1) is 18.5 Å². The quantitative estimate of drug-likeness (QED) is 0.887. The number of nitrogens with one attached hydrogen (secondary N) is 1. The first-order valence-corrected chi connectivity index (χ1v) is 6.14. The van der Waals surface area contributed by atoms with Crippen molar-refractivity contribution in [3.05, 3.63) is 65.5 Å². The maximum atomic E-state index is 13.4. The van der Waals surface area contributed by atoms with Gasteiger partial charge < -0.3 is 5.32 Å². The molecule has 0 radical (unpaired) electrons. The standard InChI is InChI=1S/C16H15FN2/c1-12-9-14(17)11-15(10-12)19-16(7-8-18)13-5-3-2-4-6-13/h2-6,9-11,16,19H,7H2,1H3. The van der Waals surface area contributed by atoms with Crippen LogP contribution in [0, 0.1) is 24.1 Å². The van der Waals surface area contributed by atoms with Crippen LogP contribution >= 0.6 is 0 Å². The van der Waals surface area contributed by atoms with Crippen LogP contribution in [0.5, 0.6) is 0 Å². The minimum Gasteiger partial charge on any atom is -0.377 e. The van der Waals surface area contributed by atoms with Gasteiger partial charge in [0, 0.05) is 5.69 Å². The van der Waals surface area contributed by atoms with E-state index in [9.17, 15) is 4.39 Å². The van der Waals surface area contributed by atoms with Crippen LogP contribution in [0.1, 0.15) is 23.6 Å². The lowest BCUT2D eigenvalue weighted by molar-refractivity contribution is 0.626. The molecule has 0 bridgehead atoms. The summed E-state index contributed by atoms with van der Waals surface area (Å²) in [6.45, 7) is 1.84. The highest BCUT2D eigenvalue weighted by atomic mass is 19.1. The zero-order valence-electron chi connectivity index (χ0n) is 10.7. The van der Waals surface area contributed by atoms with Crippen molar-refractivity contribution in [1.82, 2.24) is 0 Å². The Hall–Kier alpha value is -2.34. The van der Waals surface area contributed by atoms with Crippen molar-refractivity contribution < 1.29 is 4.39 Å². The third-order valence-corrected chi connectivity index (χ3v) is 2.88. The van der Waals surface area contributed by atoms with E-state index in [-0.39, 0.29) is 11.9 Å². The number of hydrogen-bond acceptors (Lipinski definition) is 2. The number of hydrogen-bond donors (Lipinski definition) is 1. The zero-order chi connectivity index (χ0) is 13.7. The minimum absolute atomic E-state index is 0.132. The lowest BCUT2D eigenvalue weighted by atomic mass is 10.0. The first-order valence-electron chi connectivity index (χ1n) is 6.14. The summed E-state index contributed by atoms with van der Waals surface area (Å²) in [5.74, 6) is -0.272. The Morgan fingerprint density at radius 1 is 1.21 bits per heavy atom. The maximum Gasteiger partial charge on any atom is 0.125 e. The van der Waals surface area contributed by atoms with Gasteiger partial charge in [0.2, 0.25) is 0 Å². The zero-order valence-corrected chi connectivity index (χ0v) is 10.7. The van der Waals surface area contributed by atoms with Gasteiger partial charge in [-0.3, -0.25) is 0 Å². The van der Waals surface area contributed by atoms with Crippen LogP contribution in [0.4, 0.5) is 10.1 Å². The van der Waals surface area contributed by atoms with E-state index >= 15 is 0 Å². The SMILES string of the molecule is Cc1cc(F)cc(NC(CC#N)c2ccccc2)c1. The van der Waals surface area contributed by atoms with Gasteiger partial charge in [0.15, 0.2) is 0 Å². The largest absolute Gasteiger partial charge is 0.377 e. The Labute approximate surface area is 112 Å². The third-order valence-electron chi connectivity index (χ3n) is 2.88. The Balaban J connectivity index is 2.24. The number of aryl methyl sites for hydroxylation is 1. The topological polar surface area (TPSA) is 35.8 Å². The van der Waals surface area contributed by atoms with Crippen LogP contribution in [0.15, 0.2) is 48.5 Å². The van der Waals surface area contributed by atoms with Crippen molar-refractivity contribution in [3.8, 4) is 6.07 Å². The van der Waals surface area contributed by atoms with Crippen LogP contribution in [-0.4, -0.2) is 0 Å². The average molecular weight is 254 g/mol. The van der Waals surface area contributed by atoms with E-state index < -0.39 is 0 Å². The Bertz CT molecular complexity index is 567. The molecule has 2 aromatic rings. The fraction of sp³-hybridized carbons (Fsp3) is 0.188. The Morgan fingerprint density at radius 2 is 1.95 bits per heavy atom. The predicted octanol–water partition coefficient (Wildman–Crippen LogP) is 4.20. The van der Waals surface area contributed by atoms with Gasteiger partial charge in [-0.1, -0.05) is 30.3 Å². The first-order chi connectivity index (χ1) is 9.19. The predicted molar refractivity (Wildman–Crippen MR) is 74.2 cm³/mol. The summed E-state index contributed by atoms with van der Waals surface area (Å²) in [6.07, 6.45) is 0.333. The highest BCUT2D eigenvalue weighted by Gasteiger charge is 2.11. The second-order valence-corrected chi connectivity index (χ2v) is 4.49. The molecule has 0 aromatic heterocycles. The summed E-state index contributed by atoms with van der Waals surface area (Å²) in [5.41, 5.74) is 2.57. The highest BCUT2D eigenvalue weighted by molar-refractivity contribution is 5.48. The van der Waals surface area contributed by atoms with E-state index in [0.717, 1.165) is 11.1 Å². The molecule has 0 aliphatic rings. The third kappa shape index (κ3) is 3.56. The van der Waals surface area contributed by atoms with E-state index in [0.29, 0.717) is 12.1 Å². The molecule has 0 saturated heterocycles. The lowest BCUT2D eigenvalue weighted by Gasteiger charge is -2.18. The molecule has 2 rings (SSSR count). The molecule has 0 heterocycles. The minimum atomic E-state index is -0.272. The number of nitriles is 1. The molecular weight excluding hydrogens is 239 g/mol. The van der Waals surface area contributed by atoms with Crippen molar-refractivity contribution in [2.45, 2.75) is 19.4 Å². The molecule has 96 valence electrons. The molecule has 3 heteroatoms. The van der Waals surface area contributed by atoms with E-state index in [1.807, 2.05) is 43.3 Å². The van der Waals surface area contributed by atoms with Crippen molar-refractivity contribution in [2.75, 3.05) is 5.32 Å². The molecule has 1 N–H and O–H groups in total. The molecule has 0 saturated carbocycles. The van der Waals surface area contributed by atoms with Crippen LogP contribution in [0.3, 0.4) is 0 Å². The van der Waals surface area contributed by atoms with Crippen molar-refractivity contribution in [2.24, 2.45) is 0 Å². The lowest BCUT2D eigenvalue weighted by Crippen LogP contribution is -2.10. The van der Waals surface area contributed by atoms with E-state index in [4.69, 9.17) is 5.26 Å².